The zero-order chi connectivity index (χ0) is 24.3. The van der Waals surface area contributed by atoms with Crippen molar-refractivity contribution in [3.8, 4) is 28.1 Å². The number of aromatic hydroxyl groups is 1. The molecule has 2 bridgehead atoms. The summed E-state index contributed by atoms with van der Waals surface area (Å²) in [5.74, 6) is -2.70. The van der Waals surface area contributed by atoms with Crippen LogP contribution in [0.3, 0.4) is 0 Å². The van der Waals surface area contributed by atoms with Gasteiger partial charge in [0.1, 0.15) is 11.4 Å². The second kappa shape index (κ2) is 8.08. The molecule has 8 nitrogen and oxygen atoms in total. The summed E-state index contributed by atoms with van der Waals surface area (Å²) in [6.07, 6.45) is 6.42. The highest BCUT2D eigenvalue weighted by Gasteiger charge is 2.58. The average Bonchev–Trinajstić information content (AvgIpc) is 3.58. The first-order valence-corrected chi connectivity index (χ1v) is 11.9. The van der Waals surface area contributed by atoms with Crippen LogP contribution in [-0.2, 0) is 7.05 Å². The molecule has 35 heavy (non-hydrogen) atoms. The van der Waals surface area contributed by atoms with Crippen molar-refractivity contribution < 1.29 is 13.9 Å². The number of nitrogens with one attached hydrogen (secondary N) is 1. The molecule has 2 saturated heterocycles. The molecule has 0 spiro atoms. The van der Waals surface area contributed by atoms with Crippen LogP contribution in [-0.4, -0.2) is 54.9 Å². The third kappa shape index (κ3) is 3.85. The number of piperidine rings is 1. The topological polar surface area (TPSA) is 96.2 Å². The van der Waals surface area contributed by atoms with Crippen LogP contribution in [0.25, 0.3) is 22.4 Å². The van der Waals surface area contributed by atoms with Crippen molar-refractivity contribution in [2.45, 2.75) is 62.2 Å². The molecule has 3 aliphatic rings. The van der Waals surface area contributed by atoms with Gasteiger partial charge in [0.25, 0.3) is 11.5 Å². The molecule has 2 aliphatic heterocycles. The normalized spacial score (nSPS) is 24.9. The van der Waals surface area contributed by atoms with Crippen LogP contribution >= 0.6 is 0 Å². The quantitative estimate of drug-likeness (QED) is 0.579. The molecule has 0 radical (unpaired) electrons. The van der Waals surface area contributed by atoms with Crippen LogP contribution in [0.5, 0.6) is 5.75 Å². The molecule has 182 valence electrons. The number of hydrogen-bond acceptors (Lipinski definition) is 7. The van der Waals surface area contributed by atoms with E-state index in [1.165, 1.54) is 16.8 Å². The molecule has 2 aromatic heterocycles. The van der Waals surface area contributed by atoms with Gasteiger partial charge in [-0.05, 0) is 61.4 Å². The highest BCUT2D eigenvalue weighted by atomic mass is 19.3. The Bertz CT molecular complexity index is 1320. The number of fused-ring (bicyclic) bond motifs is 2. The number of phenols is 1. The molecule has 1 aromatic carbocycles. The van der Waals surface area contributed by atoms with Crippen LogP contribution in [0.15, 0.2) is 47.5 Å². The van der Waals surface area contributed by atoms with E-state index < -0.39 is 18.0 Å². The van der Waals surface area contributed by atoms with Crippen molar-refractivity contribution in [2.24, 2.45) is 7.05 Å². The molecule has 1 unspecified atom stereocenters. The highest BCUT2D eigenvalue weighted by Crippen LogP contribution is 2.45. The van der Waals surface area contributed by atoms with Gasteiger partial charge in [-0.2, -0.15) is 0 Å². The van der Waals surface area contributed by atoms with E-state index in [-0.39, 0.29) is 29.3 Å². The molecule has 3 fully saturated rings. The number of anilines is 1. The van der Waals surface area contributed by atoms with Gasteiger partial charge in [-0.15, -0.1) is 10.2 Å². The van der Waals surface area contributed by atoms with Gasteiger partial charge >= 0.3 is 0 Å². The van der Waals surface area contributed by atoms with Crippen molar-refractivity contribution in [2.75, 3.05) is 4.90 Å². The lowest BCUT2D eigenvalue weighted by molar-refractivity contribution is -0.0745. The number of aromatic nitrogens is 4. The van der Waals surface area contributed by atoms with Gasteiger partial charge in [-0.25, -0.2) is 13.8 Å². The minimum atomic E-state index is -2.87. The number of rotatable bonds is 5. The summed E-state index contributed by atoms with van der Waals surface area (Å²) in [6, 6.07) is 6.66. The molecular weight excluding hydrogens is 454 g/mol. The third-order valence-corrected chi connectivity index (χ3v) is 7.43. The number of nitrogens with zero attached hydrogens (tertiary/aromatic N) is 5. The number of aryl methyl sites for hydroxylation is 1. The number of benzene rings is 1. The Morgan fingerprint density at radius 1 is 1.11 bits per heavy atom. The summed E-state index contributed by atoms with van der Waals surface area (Å²) in [4.78, 5) is 18.0. The van der Waals surface area contributed by atoms with E-state index in [1.807, 2.05) is 0 Å². The van der Waals surface area contributed by atoms with E-state index >= 15 is 8.78 Å². The van der Waals surface area contributed by atoms with Crippen LogP contribution < -0.4 is 15.8 Å². The zero-order valence-corrected chi connectivity index (χ0v) is 19.2. The van der Waals surface area contributed by atoms with E-state index in [0.29, 0.717) is 35.2 Å². The Balaban J connectivity index is 1.28. The van der Waals surface area contributed by atoms with Crippen LogP contribution in [0.1, 0.15) is 32.1 Å². The van der Waals surface area contributed by atoms with Crippen molar-refractivity contribution in [1.82, 2.24) is 25.1 Å². The monoisotopic (exact) mass is 480 g/mol. The number of alkyl halides is 2. The van der Waals surface area contributed by atoms with Gasteiger partial charge in [0.15, 0.2) is 0 Å². The fourth-order valence-corrected chi connectivity index (χ4v) is 5.34. The van der Waals surface area contributed by atoms with E-state index in [9.17, 15) is 9.90 Å². The average molecular weight is 481 g/mol. The van der Waals surface area contributed by atoms with Crippen molar-refractivity contribution in [3.63, 3.8) is 0 Å². The predicted octanol–water partition coefficient (Wildman–Crippen LogP) is 3.11. The molecule has 1 aliphatic carbocycles. The van der Waals surface area contributed by atoms with Crippen molar-refractivity contribution in [3.05, 3.63) is 53.1 Å². The number of hydrogen-bond donors (Lipinski definition) is 2. The minimum Gasteiger partial charge on any atom is -0.507 e. The smallest absolute Gasteiger partial charge is 0.283 e. The Kier molecular flexibility index (Phi) is 5.10. The fraction of sp³-hybridized carbons (Fsp3) is 0.440. The number of pyridine rings is 1. The molecule has 1 saturated carbocycles. The summed E-state index contributed by atoms with van der Waals surface area (Å²) < 4.78 is 32.0. The second-order valence-electron chi connectivity index (χ2n) is 9.80. The molecule has 2 N–H and O–H groups in total. The van der Waals surface area contributed by atoms with Gasteiger partial charge in [-0.3, -0.25) is 4.79 Å². The van der Waals surface area contributed by atoms with Crippen molar-refractivity contribution >= 4 is 5.95 Å². The molecule has 6 rings (SSSR count). The van der Waals surface area contributed by atoms with E-state index in [0.717, 1.165) is 19.3 Å². The number of phenolic OH excluding ortho intramolecular Hbond substituents is 1. The van der Waals surface area contributed by atoms with E-state index in [4.69, 9.17) is 0 Å². The summed E-state index contributed by atoms with van der Waals surface area (Å²) in [6.45, 7) is 0. The van der Waals surface area contributed by atoms with Gasteiger partial charge in [0.05, 0.1) is 18.3 Å². The summed E-state index contributed by atoms with van der Waals surface area (Å²) in [5, 5.41) is 22.2. The number of halogens is 2. The molecule has 10 heteroatoms. The largest absolute Gasteiger partial charge is 0.507 e. The van der Waals surface area contributed by atoms with Crippen LogP contribution in [0, 0.1) is 0 Å². The first-order valence-electron chi connectivity index (χ1n) is 11.9. The summed E-state index contributed by atoms with van der Waals surface area (Å²) in [7, 11) is 1.67. The minimum absolute atomic E-state index is 0.00212. The SMILES string of the molecule is Cn1ccc(-c2ccc(-c3cnc(N(C4CC4)[C@H]4CC5CC[C@H](N5)C4(F)F)nn3)c(O)c2)cc1=O. The first kappa shape index (κ1) is 22.1. The van der Waals surface area contributed by atoms with Gasteiger partial charge in [0.2, 0.25) is 5.95 Å². The summed E-state index contributed by atoms with van der Waals surface area (Å²) in [5.41, 5.74) is 1.99. The van der Waals surface area contributed by atoms with Gasteiger partial charge in [-0.1, -0.05) is 6.07 Å². The Hall–Kier alpha value is -3.40. The fourth-order valence-electron chi connectivity index (χ4n) is 5.34. The maximum Gasteiger partial charge on any atom is 0.283 e. The standard InChI is InChI=1S/C25H26F2N6O2/c1-32-9-8-15(11-23(32)35)14-2-6-18(20(34)10-14)19-13-28-24(31-30-19)33(17-4-5-17)22-12-16-3-7-21(29-16)25(22,26)27/h2,6,8-11,13,16-17,21-22,29,34H,3-5,7,12H2,1H3/t16?,21-,22-/m0/s1. The maximum atomic E-state index is 15.3. The Morgan fingerprint density at radius 3 is 2.60 bits per heavy atom. The lowest BCUT2D eigenvalue weighted by Gasteiger charge is -2.43. The van der Waals surface area contributed by atoms with E-state index in [2.05, 4.69) is 20.5 Å². The first-order chi connectivity index (χ1) is 16.8. The maximum absolute atomic E-state index is 15.3. The van der Waals surface area contributed by atoms with E-state index in [1.54, 1.807) is 42.4 Å². The zero-order valence-electron chi connectivity index (χ0n) is 19.2. The molecule has 0 amide bonds. The predicted molar refractivity (Wildman–Crippen MR) is 126 cm³/mol. The Morgan fingerprint density at radius 2 is 1.91 bits per heavy atom. The van der Waals surface area contributed by atoms with Crippen molar-refractivity contribution in [1.29, 1.82) is 0 Å². The van der Waals surface area contributed by atoms with Crippen LogP contribution in [0.2, 0.25) is 0 Å². The third-order valence-electron chi connectivity index (χ3n) is 7.43. The molecule has 3 aromatic rings. The second-order valence-corrected chi connectivity index (χ2v) is 9.80. The Labute approximate surface area is 200 Å². The lowest BCUT2D eigenvalue weighted by atomic mass is 9.93. The summed E-state index contributed by atoms with van der Waals surface area (Å²) >= 11 is 0. The lowest BCUT2D eigenvalue weighted by Crippen LogP contribution is -2.63. The molecule has 3 atom stereocenters. The molecule has 4 heterocycles. The van der Waals surface area contributed by atoms with Gasteiger partial charge in [0, 0.05) is 37.0 Å². The van der Waals surface area contributed by atoms with Gasteiger partial charge < -0.3 is 19.9 Å². The van der Waals surface area contributed by atoms with Crippen LogP contribution in [0.4, 0.5) is 14.7 Å². The highest BCUT2D eigenvalue weighted by molar-refractivity contribution is 5.73. The molecular formula is C25H26F2N6O2.